The number of likely N-dealkylation sites (tertiary alicyclic amines) is 1. The van der Waals surface area contributed by atoms with Crippen LogP contribution in [0.2, 0.25) is 0 Å². The lowest BCUT2D eigenvalue weighted by Crippen LogP contribution is -2.77. The van der Waals surface area contributed by atoms with Crippen molar-refractivity contribution in [3.8, 4) is 5.75 Å². The molecule has 10 heteroatoms. The quantitative estimate of drug-likeness (QED) is 0.408. The molecular formula is C33H47NO9. The van der Waals surface area contributed by atoms with E-state index in [0.717, 1.165) is 25.9 Å². The maximum absolute atomic E-state index is 13.7. The van der Waals surface area contributed by atoms with Gasteiger partial charge in [0, 0.05) is 76.0 Å². The van der Waals surface area contributed by atoms with Crippen molar-refractivity contribution in [2.75, 3.05) is 55.2 Å². The van der Waals surface area contributed by atoms with Gasteiger partial charge >= 0.3 is 5.97 Å². The van der Waals surface area contributed by atoms with Crippen LogP contribution in [0.1, 0.15) is 43.0 Å². The number of hydrogen-bond acceptors (Lipinski definition) is 10. The fourth-order valence-electron chi connectivity index (χ4n) is 12.0. The molecule has 1 heterocycles. The summed E-state index contributed by atoms with van der Waals surface area (Å²) in [6, 6.07) is 6.72. The zero-order valence-electron chi connectivity index (χ0n) is 26.2. The standard InChI is InChI=1S/C33H47NO9/c1-7-34-16-30(17-38-2)13-12-21(40-4)33-20-14-31(36)22(41-5)15-32(37,24(27(33)34)25(42-6)26(30)33)23(20)28(31)43-29(35)18-8-10-19(39-3)11-9-18/h8-11,20-28,36-37H,7,12-17H2,1-6H3. The van der Waals surface area contributed by atoms with E-state index < -0.39 is 40.7 Å². The van der Waals surface area contributed by atoms with Gasteiger partial charge in [0.1, 0.15) is 17.5 Å². The molecule has 1 spiro atoms. The molecule has 13 unspecified atom stereocenters. The highest BCUT2D eigenvalue weighted by Crippen LogP contribution is 2.80. The first-order valence-corrected chi connectivity index (χ1v) is 15.8. The van der Waals surface area contributed by atoms with E-state index in [9.17, 15) is 15.0 Å². The molecule has 6 aliphatic rings. The normalized spacial score (nSPS) is 49.2. The number of carbonyl (C=O) groups excluding carboxylic acids is 1. The van der Waals surface area contributed by atoms with Gasteiger partial charge in [-0.2, -0.15) is 0 Å². The van der Waals surface area contributed by atoms with Gasteiger partial charge in [0.05, 0.1) is 43.2 Å². The van der Waals surface area contributed by atoms with E-state index in [1.807, 2.05) is 0 Å². The van der Waals surface area contributed by atoms with E-state index in [-0.39, 0.29) is 47.8 Å². The summed E-state index contributed by atoms with van der Waals surface area (Å²) in [7, 11) is 8.46. The predicted octanol–water partition coefficient (Wildman–Crippen LogP) is 2.14. The van der Waals surface area contributed by atoms with Crippen molar-refractivity contribution in [2.45, 2.75) is 74.3 Å². The molecule has 43 heavy (non-hydrogen) atoms. The molecule has 6 fully saturated rings. The number of methoxy groups -OCH3 is 5. The Bertz CT molecular complexity index is 1250. The number of benzene rings is 1. The van der Waals surface area contributed by atoms with Gasteiger partial charge in [-0.05, 0) is 56.0 Å². The molecule has 1 saturated heterocycles. The number of ether oxygens (including phenoxy) is 6. The summed E-state index contributed by atoms with van der Waals surface area (Å²) in [5.41, 5.74) is -3.05. The van der Waals surface area contributed by atoms with Crippen molar-refractivity contribution >= 4 is 5.97 Å². The Balaban J connectivity index is 1.41. The predicted molar refractivity (Wildman–Crippen MR) is 155 cm³/mol. The summed E-state index contributed by atoms with van der Waals surface area (Å²) in [6.07, 6.45) is 0.328. The topological polar surface area (TPSA) is 116 Å². The van der Waals surface area contributed by atoms with Crippen molar-refractivity contribution in [1.82, 2.24) is 4.90 Å². The Morgan fingerprint density at radius 2 is 1.67 bits per heavy atom. The fraction of sp³-hybridized carbons (Fsp3) is 0.788. The number of rotatable bonds is 9. The molecule has 10 nitrogen and oxygen atoms in total. The van der Waals surface area contributed by atoms with Crippen LogP contribution in [0.5, 0.6) is 5.75 Å². The molecule has 7 bridgehead atoms. The minimum absolute atomic E-state index is 0.0233. The van der Waals surface area contributed by atoms with E-state index in [1.54, 1.807) is 59.8 Å². The molecule has 1 aromatic carbocycles. The Hall–Kier alpha value is -1.79. The third kappa shape index (κ3) is 3.52. The molecule has 5 saturated carbocycles. The molecule has 13 atom stereocenters. The maximum atomic E-state index is 13.7. The van der Waals surface area contributed by atoms with Crippen molar-refractivity contribution in [3.05, 3.63) is 29.8 Å². The molecule has 1 aromatic rings. The van der Waals surface area contributed by atoms with E-state index in [0.29, 0.717) is 24.3 Å². The Kier molecular flexibility index (Phi) is 7.03. The zero-order chi connectivity index (χ0) is 30.5. The highest BCUT2D eigenvalue weighted by molar-refractivity contribution is 5.89. The second-order valence-electron chi connectivity index (χ2n) is 14.1. The van der Waals surface area contributed by atoms with Gasteiger partial charge in [0.25, 0.3) is 0 Å². The van der Waals surface area contributed by atoms with Gasteiger partial charge in [-0.1, -0.05) is 6.92 Å². The Labute approximate surface area is 253 Å². The molecule has 0 radical (unpaired) electrons. The fourth-order valence-corrected chi connectivity index (χ4v) is 12.0. The smallest absolute Gasteiger partial charge is 0.338 e. The van der Waals surface area contributed by atoms with Gasteiger partial charge in [0.2, 0.25) is 0 Å². The first kappa shape index (κ1) is 29.9. The zero-order valence-corrected chi connectivity index (χ0v) is 26.2. The average molecular weight is 602 g/mol. The highest BCUT2D eigenvalue weighted by Gasteiger charge is 2.88. The molecule has 238 valence electrons. The summed E-state index contributed by atoms with van der Waals surface area (Å²) in [5.74, 6) is -0.864. The van der Waals surface area contributed by atoms with Crippen LogP contribution in [0.15, 0.2) is 24.3 Å². The molecule has 0 amide bonds. The van der Waals surface area contributed by atoms with Crippen LogP contribution in [0, 0.1) is 34.5 Å². The third-order valence-electron chi connectivity index (χ3n) is 13.0. The Morgan fingerprint density at radius 3 is 2.28 bits per heavy atom. The first-order valence-electron chi connectivity index (χ1n) is 15.8. The molecular weight excluding hydrogens is 554 g/mol. The maximum Gasteiger partial charge on any atom is 0.338 e. The minimum Gasteiger partial charge on any atom is -0.497 e. The van der Waals surface area contributed by atoms with E-state index in [4.69, 9.17) is 28.4 Å². The van der Waals surface area contributed by atoms with Crippen molar-refractivity contribution in [1.29, 1.82) is 0 Å². The lowest BCUT2D eigenvalue weighted by Gasteiger charge is -2.69. The first-order chi connectivity index (χ1) is 20.6. The van der Waals surface area contributed by atoms with Crippen LogP contribution in [-0.4, -0.2) is 118 Å². The summed E-state index contributed by atoms with van der Waals surface area (Å²) < 4.78 is 36.5. The third-order valence-corrected chi connectivity index (χ3v) is 13.0. The van der Waals surface area contributed by atoms with E-state index >= 15 is 0 Å². The van der Waals surface area contributed by atoms with Crippen LogP contribution in [0.4, 0.5) is 0 Å². The summed E-state index contributed by atoms with van der Waals surface area (Å²) in [4.78, 5) is 16.2. The summed E-state index contributed by atoms with van der Waals surface area (Å²) in [5, 5.41) is 25.8. The number of esters is 1. The average Bonchev–Trinajstić information content (AvgIpc) is 3.40. The van der Waals surface area contributed by atoms with Gasteiger partial charge in [-0.3, -0.25) is 4.90 Å². The van der Waals surface area contributed by atoms with E-state index in [2.05, 4.69) is 11.8 Å². The molecule has 1 aliphatic heterocycles. The van der Waals surface area contributed by atoms with Crippen LogP contribution >= 0.6 is 0 Å². The summed E-state index contributed by atoms with van der Waals surface area (Å²) in [6.45, 7) is 4.45. The Morgan fingerprint density at radius 1 is 0.953 bits per heavy atom. The SMILES string of the molecule is CCN1CC2(COC)CCC(OC)C34C5CC6(O)C(OC)CC(O)(C5C6OC(=O)c5ccc(OC)cc5)C(C(OC)C23)C14. The van der Waals surface area contributed by atoms with Crippen LogP contribution in [-0.2, 0) is 23.7 Å². The van der Waals surface area contributed by atoms with Crippen LogP contribution < -0.4 is 4.74 Å². The molecule has 5 aliphatic carbocycles. The number of nitrogens with zero attached hydrogens (tertiary/aromatic N) is 1. The minimum atomic E-state index is -1.47. The van der Waals surface area contributed by atoms with E-state index in [1.165, 1.54) is 0 Å². The number of piperidine rings is 1. The van der Waals surface area contributed by atoms with Crippen molar-refractivity contribution in [2.24, 2.45) is 34.5 Å². The second kappa shape index (κ2) is 10.1. The largest absolute Gasteiger partial charge is 0.497 e. The van der Waals surface area contributed by atoms with Crippen LogP contribution in [0.3, 0.4) is 0 Å². The monoisotopic (exact) mass is 601 g/mol. The lowest BCUT2D eigenvalue weighted by atomic mass is 9.43. The molecule has 7 rings (SSSR count). The van der Waals surface area contributed by atoms with Crippen LogP contribution in [0.25, 0.3) is 0 Å². The number of hydrogen-bond donors (Lipinski definition) is 2. The van der Waals surface area contributed by atoms with Gasteiger partial charge in [0.15, 0.2) is 0 Å². The van der Waals surface area contributed by atoms with Gasteiger partial charge in [-0.15, -0.1) is 0 Å². The van der Waals surface area contributed by atoms with Gasteiger partial charge in [-0.25, -0.2) is 4.79 Å². The number of carbonyl (C=O) groups is 1. The number of fused-ring (bicyclic) bond motifs is 2. The second-order valence-corrected chi connectivity index (χ2v) is 14.1. The molecule has 0 aromatic heterocycles. The van der Waals surface area contributed by atoms with Crippen molar-refractivity contribution < 1.29 is 43.4 Å². The van der Waals surface area contributed by atoms with Crippen molar-refractivity contribution in [3.63, 3.8) is 0 Å². The molecule has 2 N–H and O–H groups in total. The van der Waals surface area contributed by atoms with Gasteiger partial charge < -0.3 is 38.6 Å². The highest BCUT2D eigenvalue weighted by atomic mass is 16.6. The number of aliphatic hydroxyl groups is 2. The summed E-state index contributed by atoms with van der Waals surface area (Å²) >= 11 is 0. The lowest BCUT2D eigenvalue weighted by molar-refractivity contribution is -0.283.